The zero-order valence-corrected chi connectivity index (χ0v) is 9.54. The van der Waals surface area contributed by atoms with E-state index in [1.54, 1.807) is 12.1 Å². The minimum absolute atomic E-state index is 0.0505. The average molecular weight is 239 g/mol. The highest BCUT2D eigenvalue weighted by Gasteiger charge is 2.11. The molecule has 0 heterocycles. The second kappa shape index (κ2) is 5.50. The number of hydrogen-bond donors (Lipinski definition) is 1. The molecule has 2 N–H and O–H groups in total. The molecule has 0 spiro atoms. The summed E-state index contributed by atoms with van der Waals surface area (Å²) in [4.78, 5) is 11.1. The normalized spacial score (nSPS) is 9.62. The van der Waals surface area contributed by atoms with Gasteiger partial charge in [-0.2, -0.15) is 5.26 Å². The van der Waals surface area contributed by atoms with Crippen molar-refractivity contribution < 1.29 is 9.53 Å². The number of benzene rings is 1. The van der Waals surface area contributed by atoms with Crippen molar-refractivity contribution in [1.29, 1.82) is 5.26 Å². The van der Waals surface area contributed by atoms with Crippen molar-refractivity contribution in [3.8, 4) is 6.07 Å². The van der Waals surface area contributed by atoms with Crippen molar-refractivity contribution in [3.63, 3.8) is 0 Å². The monoisotopic (exact) mass is 238 g/mol. The highest BCUT2D eigenvalue weighted by atomic mass is 35.5. The zero-order chi connectivity index (χ0) is 12.1. The second-order valence-corrected chi connectivity index (χ2v) is 3.58. The molecule has 16 heavy (non-hydrogen) atoms. The first-order valence-electron chi connectivity index (χ1n) is 4.60. The fourth-order valence-electron chi connectivity index (χ4n) is 1.30. The topological polar surface area (TPSA) is 76.1 Å². The van der Waals surface area contributed by atoms with E-state index >= 15 is 0 Å². The maximum absolute atomic E-state index is 11.1. The molecule has 1 aromatic rings. The first-order valence-corrected chi connectivity index (χ1v) is 4.98. The van der Waals surface area contributed by atoms with Crippen molar-refractivity contribution in [2.75, 3.05) is 7.11 Å². The van der Waals surface area contributed by atoms with Crippen LogP contribution in [0.15, 0.2) is 12.1 Å². The SMILES string of the molecule is COC(=O)Cc1cc(C#N)c(CN)cc1Cl. The van der Waals surface area contributed by atoms with Gasteiger partial charge in [-0.3, -0.25) is 4.79 Å². The Labute approximate surface area is 98.6 Å². The van der Waals surface area contributed by atoms with Gasteiger partial charge in [0.25, 0.3) is 0 Å². The van der Waals surface area contributed by atoms with E-state index in [0.29, 0.717) is 21.7 Å². The molecule has 1 aromatic carbocycles. The molecule has 0 radical (unpaired) electrons. The van der Waals surface area contributed by atoms with E-state index < -0.39 is 5.97 Å². The van der Waals surface area contributed by atoms with E-state index in [0.717, 1.165) is 0 Å². The first-order chi connectivity index (χ1) is 7.62. The fraction of sp³-hybridized carbons (Fsp3) is 0.273. The van der Waals surface area contributed by atoms with Crippen molar-refractivity contribution in [1.82, 2.24) is 0 Å². The number of nitrogens with two attached hydrogens (primary N) is 1. The standard InChI is InChI=1S/C11H11ClN2O2/c1-16-11(15)4-7-2-8(5-13)9(6-14)3-10(7)12/h2-3H,4,6,14H2,1H3. The molecule has 1 rings (SSSR count). The van der Waals surface area contributed by atoms with Gasteiger partial charge < -0.3 is 10.5 Å². The molecule has 0 bridgehead atoms. The van der Waals surface area contributed by atoms with Gasteiger partial charge in [0.2, 0.25) is 0 Å². The minimum atomic E-state index is -0.397. The van der Waals surface area contributed by atoms with Crippen molar-refractivity contribution >= 4 is 17.6 Å². The van der Waals surface area contributed by atoms with Crippen molar-refractivity contribution in [2.24, 2.45) is 5.73 Å². The molecular formula is C11H11ClN2O2. The molecule has 0 atom stereocenters. The van der Waals surface area contributed by atoms with Crippen LogP contribution in [0.25, 0.3) is 0 Å². The largest absolute Gasteiger partial charge is 0.469 e. The van der Waals surface area contributed by atoms with Crippen LogP contribution in [0.5, 0.6) is 0 Å². The number of halogens is 1. The van der Waals surface area contributed by atoms with Gasteiger partial charge in [-0.05, 0) is 23.3 Å². The summed E-state index contributed by atoms with van der Waals surface area (Å²) in [6.45, 7) is 0.237. The maximum Gasteiger partial charge on any atom is 0.310 e. The van der Waals surface area contributed by atoms with Crippen LogP contribution < -0.4 is 5.73 Å². The molecule has 0 amide bonds. The van der Waals surface area contributed by atoms with E-state index in [1.807, 2.05) is 6.07 Å². The zero-order valence-electron chi connectivity index (χ0n) is 8.79. The van der Waals surface area contributed by atoms with Gasteiger partial charge in [0.15, 0.2) is 0 Å². The Morgan fingerprint density at radius 3 is 2.75 bits per heavy atom. The molecule has 0 aliphatic heterocycles. The summed E-state index contributed by atoms with van der Waals surface area (Å²) in [7, 11) is 1.30. The van der Waals surface area contributed by atoms with Crippen molar-refractivity contribution in [2.45, 2.75) is 13.0 Å². The Balaban J connectivity index is 3.12. The van der Waals surface area contributed by atoms with E-state index in [-0.39, 0.29) is 13.0 Å². The Morgan fingerprint density at radius 2 is 2.25 bits per heavy atom. The third-order valence-corrected chi connectivity index (χ3v) is 2.53. The minimum Gasteiger partial charge on any atom is -0.469 e. The van der Waals surface area contributed by atoms with Gasteiger partial charge in [0, 0.05) is 11.6 Å². The van der Waals surface area contributed by atoms with Crippen LogP contribution >= 0.6 is 11.6 Å². The average Bonchev–Trinajstić information content (AvgIpc) is 2.30. The lowest BCUT2D eigenvalue weighted by molar-refractivity contribution is -0.139. The van der Waals surface area contributed by atoms with Gasteiger partial charge in [0.1, 0.15) is 0 Å². The van der Waals surface area contributed by atoms with Crippen LogP contribution in [0.3, 0.4) is 0 Å². The van der Waals surface area contributed by atoms with Gasteiger partial charge in [0.05, 0.1) is 25.2 Å². The highest BCUT2D eigenvalue weighted by Crippen LogP contribution is 2.22. The lowest BCUT2D eigenvalue weighted by Crippen LogP contribution is -2.07. The van der Waals surface area contributed by atoms with Gasteiger partial charge in [-0.15, -0.1) is 0 Å². The van der Waals surface area contributed by atoms with Gasteiger partial charge in [-0.25, -0.2) is 0 Å². The number of nitrogens with zero attached hydrogens (tertiary/aromatic N) is 1. The molecule has 0 saturated heterocycles. The summed E-state index contributed by atoms with van der Waals surface area (Å²) >= 11 is 5.97. The third kappa shape index (κ3) is 2.72. The maximum atomic E-state index is 11.1. The van der Waals surface area contributed by atoms with Crippen LogP contribution in [0.1, 0.15) is 16.7 Å². The summed E-state index contributed by atoms with van der Waals surface area (Å²) in [5.74, 6) is -0.397. The smallest absolute Gasteiger partial charge is 0.310 e. The molecule has 0 fully saturated rings. The summed E-state index contributed by atoms with van der Waals surface area (Å²) in [6.07, 6.45) is 0.0505. The van der Waals surface area contributed by atoms with Crippen molar-refractivity contribution in [3.05, 3.63) is 33.8 Å². The number of esters is 1. The van der Waals surface area contributed by atoms with Crippen LogP contribution in [-0.4, -0.2) is 13.1 Å². The number of carbonyl (C=O) groups is 1. The second-order valence-electron chi connectivity index (χ2n) is 3.17. The van der Waals surface area contributed by atoms with Gasteiger partial charge in [-0.1, -0.05) is 11.6 Å². The number of methoxy groups -OCH3 is 1. The number of rotatable bonds is 3. The van der Waals surface area contributed by atoms with Crippen LogP contribution in [0.2, 0.25) is 5.02 Å². The summed E-state index contributed by atoms with van der Waals surface area (Å²) in [5, 5.41) is 9.31. The molecule has 5 heteroatoms. The Bertz CT molecular complexity index is 452. The van der Waals surface area contributed by atoms with Crippen LogP contribution in [0.4, 0.5) is 0 Å². The molecular weight excluding hydrogens is 228 g/mol. The summed E-state index contributed by atoms with van der Waals surface area (Å²) in [5.41, 5.74) is 7.15. The molecule has 0 aliphatic carbocycles. The van der Waals surface area contributed by atoms with E-state index in [1.165, 1.54) is 7.11 Å². The molecule has 0 aromatic heterocycles. The van der Waals surface area contributed by atoms with E-state index in [2.05, 4.69) is 4.74 Å². The Kier molecular flexibility index (Phi) is 4.29. The fourth-order valence-corrected chi connectivity index (χ4v) is 1.55. The lowest BCUT2D eigenvalue weighted by Gasteiger charge is -2.07. The predicted octanol–water partition coefficient (Wildman–Crippen LogP) is 1.39. The highest BCUT2D eigenvalue weighted by molar-refractivity contribution is 6.31. The quantitative estimate of drug-likeness (QED) is 0.808. The summed E-state index contributed by atoms with van der Waals surface area (Å²) < 4.78 is 4.53. The number of nitriles is 1. The third-order valence-electron chi connectivity index (χ3n) is 2.18. The Hall–Kier alpha value is -1.57. The molecule has 4 nitrogen and oxygen atoms in total. The number of ether oxygens (including phenoxy) is 1. The first kappa shape index (κ1) is 12.5. The molecule has 0 saturated carbocycles. The lowest BCUT2D eigenvalue weighted by atomic mass is 10.0. The molecule has 84 valence electrons. The summed E-state index contributed by atoms with van der Waals surface area (Å²) in [6, 6.07) is 5.19. The number of hydrogen-bond acceptors (Lipinski definition) is 4. The van der Waals surface area contributed by atoms with Crippen LogP contribution in [0, 0.1) is 11.3 Å². The van der Waals surface area contributed by atoms with Crippen LogP contribution in [-0.2, 0) is 22.5 Å². The van der Waals surface area contributed by atoms with Gasteiger partial charge >= 0.3 is 5.97 Å². The molecule has 0 aliphatic rings. The Morgan fingerprint density at radius 1 is 1.56 bits per heavy atom. The number of carbonyl (C=O) groups excluding carboxylic acids is 1. The predicted molar refractivity (Wildman–Crippen MR) is 59.8 cm³/mol. The van der Waals surface area contributed by atoms with E-state index in [9.17, 15) is 4.79 Å². The van der Waals surface area contributed by atoms with E-state index in [4.69, 9.17) is 22.6 Å². The molecule has 0 unspecified atom stereocenters.